The predicted octanol–water partition coefficient (Wildman–Crippen LogP) is 2.51. The van der Waals surface area contributed by atoms with Crippen molar-refractivity contribution in [3.8, 4) is 6.07 Å². The number of nitriles is 1. The van der Waals surface area contributed by atoms with Crippen LogP contribution in [0.2, 0.25) is 0 Å². The van der Waals surface area contributed by atoms with E-state index in [1.165, 1.54) is 5.56 Å². The molecule has 0 aromatic carbocycles. The lowest BCUT2D eigenvalue weighted by atomic mass is 9.78. The van der Waals surface area contributed by atoms with Gasteiger partial charge in [0, 0.05) is 18.3 Å². The first-order valence-electron chi connectivity index (χ1n) is 8.31. The quantitative estimate of drug-likeness (QED) is 0.881. The second kappa shape index (κ2) is 5.72. The third kappa shape index (κ3) is 2.44. The molecule has 5 heteroatoms. The monoisotopic (exact) mass is 319 g/mol. The van der Waals surface area contributed by atoms with Crippen molar-refractivity contribution in [2.45, 2.75) is 38.0 Å². The molecule has 0 aliphatic heterocycles. The van der Waals surface area contributed by atoms with Crippen molar-refractivity contribution in [2.75, 3.05) is 0 Å². The van der Waals surface area contributed by atoms with Crippen LogP contribution in [-0.2, 0) is 12.8 Å². The maximum Gasteiger partial charge on any atom is 0.266 e. The van der Waals surface area contributed by atoms with Crippen molar-refractivity contribution in [1.82, 2.24) is 9.97 Å². The number of H-pyrrole nitrogens is 1. The number of aromatic amines is 1. The smallest absolute Gasteiger partial charge is 0.266 e. The Hall–Kier alpha value is -2.74. The summed E-state index contributed by atoms with van der Waals surface area (Å²) in [7, 11) is 0. The highest BCUT2D eigenvalue weighted by Crippen LogP contribution is 2.38. The number of Topliss-reactive ketones (excluding diaryl/α,β-unsaturated/α-hetero) is 1. The molecule has 4 rings (SSSR count). The Morgan fingerprint density at radius 1 is 1.21 bits per heavy atom. The summed E-state index contributed by atoms with van der Waals surface area (Å²) in [4.78, 5) is 31.6. The van der Waals surface area contributed by atoms with Gasteiger partial charge in [0.15, 0.2) is 5.78 Å². The van der Waals surface area contributed by atoms with E-state index in [-0.39, 0.29) is 23.2 Å². The van der Waals surface area contributed by atoms with Gasteiger partial charge in [0.2, 0.25) is 0 Å². The number of ketones is 1. The maximum atomic E-state index is 12.6. The standard InChI is InChI=1S/C19H17N3O2/c20-10-16-14-4-3-13(11-5-7-21-8-6-11)9-15(14)17(22-19(16)24)18(23)12-1-2-12/h5-8,12-13H,1-4,9H2,(H,22,24). The van der Waals surface area contributed by atoms with Gasteiger partial charge in [-0.1, -0.05) is 0 Å². The molecule has 2 heterocycles. The highest BCUT2D eigenvalue weighted by Gasteiger charge is 2.35. The largest absolute Gasteiger partial charge is 0.318 e. The zero-order valence-corrected chi connectivity index (χ0v) is 13.2. The van der Waals surface area contributed by atoms with Gasteiger partial charge < -0.3 is 4.98 Å². The normalized spacial score (nSPS) is 19.4. The highest BCUT2D eigenvalue weighted by molar-refractivity contribution is 5.99. The number of nitrogens with zero attached hydrogens (tertiary/aromatic N) is 2. The lowest BCUT2D eigenvalue weighted by Crippen LogP contribution is -2.27. The SMILES string of the molecule is N#Cc1c2c(c(C(=O)C3CC3)[nH]c1=O)CC(c1ccncc1)CC2. The summed E-state index contributed by atoms with van der Waals surface area (Å²) < 4.78 is 0. The third-order valence-corrected chi connectivity index (χ3v) is 5.11. The molecule has 1 N–H and O–H groups in total. The molecule has 0 amide bonds. The number of hydrogen-bond acceptors (Lipinski definition) is 4. The minimum atomic E-state index is -0.428. The van der Waals surface area contributed by atoms with Gasteiger partial charge >= 0.3 is 0 Å². The number of carbonyl (C=O) groups is 1. The van der Waals surface area contributed by atoms with E-state index in [0.717, 1.165) is 30.4 Å². The topological polar surface area (TPSA) is 86.6 Å². The van der Waals surface area contributed by atoms with Gasteiger partial charge in [-0.2, -0.15) is 5.26 Å². The average Bonchev–Trinajstić information content (AvgIpc) is 3.46. The van der Waals surface area contributed by atoms with E-state index in [4.69, 9.17) is 0 Å². The van der Waals surface area contributed by atoms with E-state index in [1.54, 1.807) is 12.4 Å². The first-order chi connectivity index (χ1) is 11.7. The van der Waals surface area contributed by atoms with Gasteiger partial charge in [0.1, 0.15) is 11.6 Å². The van der Waals surface area contributed by atoms with Crippen molar-refractivity contribution in [3.63, 3.8) is 0 Å². The number of pyridine rings is 2. The molecule has 2 aromatic rings. The lowest BCUT2D eigenvalue weighted by molar-refractivity contribution is 0.0961. The lowest BCUT2D eigenvalue weighted by Gasteiger charge is -2.27. The van der Waals surface area contributed by atoms with E-state index in [9.17, 15) is 14.9 Å². The molecule has 2 aromatic heterocycles. The Morgan fingerprint density at radius 2 is 1.96 bits per heavy atom. The summed E-state index contributed by atoms with van der Waals surface area (Å²) in [6.45, 7) is 0. The minimum absolute atomic E-state index is 0.0308. The Kier molecular flexibility index (Phi) is 3.53. The van der Waals surface area contributed by atoms with E-state index in [0.29, 0.717) is 18.5 Å². The zero-order chi connectivity index (χ0) is 16.7. The molecule has 5 nitrogen and oxygen atoms in total. The second-order valence-corrected chi connectivity index (χ2v) is 6.63. The minimum Gasteiger partial charge on any atom is -0.318 e. The van der Waals surface area contributed by atoms with Crippen LogP contribution in [0, 0.1) is 17.2 Å². The summed E-state index contributed by atoms with van der Waals surface area (Å²) in [6.07, 6.45) is 7.53. The van der Waals surface area contributed by atoms with Crippen LogP contribution in [0.3, 0.4) is 0 Å². The molecule has 1 fully saturated rings. The van der Waals surface area contributed by atoms with Gasteiger partial charge in [-0.3, -0.25) is 14.6 Å². The molecule has 1 saturated carbocycles. The first kappa shape index (κ1) is 14.8. The summed E-state index contributed by atoms with van der Waals surface area (Å²) in [6, 6.07) is 6.01. The van der Waals surface area contributed by atoms with Crippen molar-refractivity contribution in [2.24, 2.45) is 5.92 Å². The summed E-state index contributed by atoms with van der Waals surface area (Å²) in [5.41, 5.74) is 3.01. The van der Waals surface area contributed by atoms with Crippen LogP contribution in [0.25, 0.3) is 0 Å². The van der Waals surface area contributed by atoms with E-state index >= 15 is 0 Å². The van der Waals surface area contributed by atoms with Gasteiger partial charge in [-0.25, -0.2) is 0 Å². The summed E-state index contributed by atoms with van der Waals surface area (Å²) >= 11 is 0. The van der Waals surface area contributed by atoms with Crippen molar-refractivity contribution in [1.29, 1.82) is 5.26 Å². The predicted molar refractivity (Wildman–Crippen MR) is 87.8 cm³/mol. The van der Waals surface area contributed by atoms with Crippen LogP contribution in [0.4, 0.5) is 0 Å². The number of fused-ring (bicyclic) bond motifs is 1. The molecular weight excluding hydrogens is 302 g/mol. The third-order valence-electron chi connectivity index (χ3n) is 5.11. The number of rotatable bonds is 3. The van der Waals surface area contributed by atoms with Crippen LogP contribution < -0.4 is 5.56 Å². The van der Waals surface area contributed by atoms with Crippen LogP contribution in [-0.4, -0.2) is 15.8 Å². The zero-order valence-electron chi connectivity index (χ0n) is 13.2. The fourth-order valence-electron chi connectivity index (χ4n) is 3.66. The van der Waals surface area contributed by atoms with Crippen molar-refractivity contribution >= 4 is 5.78 Å². The molecule has 1 unspecified atom stereocenters. The van der Waals surface area contributed by atoms with E-state index in [2.05, 4.69) is 9.97 Å². The van der Waals surface area contributed by atoms with Crippen LogP contribution in [0.1, 0.15) is 57.9 Å². The maximum absolute atomic E-state index is 12.6. The molecule has 120 valence electrons. The van der Waals surface area contributed by atoms with E-state index in [1.807, 2.05) is 18.2 Å². The molecule has 0 spiro atoms. The van der Waals surface area contributed by atoms with Crippen molar-refractivity contribution < 1.29 is 4.79 Å². The first-order valence-corrected chi connectivity index (χ1v) is 8.31. The van der Waals surface area contributed by atoms with Gasteiger partial charge in [-0.15, -0.1) is 0 Å². The fraction of sp³-hybridized carbons (Fsp3) is 0.368. The van der Waals surface area contributed by atoms with E-state index < -0.39 is 5.56 Å². The molecule has 2 aliphatic carbocycles. The Morgan fingerprint density at radius 3 is 2.62 bits per heavy atom. The van der Waals surface area contributed by atoms with Crippen LogP contribution in [0.5, 0.6) is 0 Å². The molecule has 0 radical (unpaired) electrons. The molecule has 2 aliphatic rings. The molecule has 24 heavy (non-hydrogen) atoms. The average molecular weight is 319 g/mol. The Bertz CT molecular complexity index is 905. The van der Waals surface area contributed by atoms with Gasteiger partial charge in [0.25, 0.3) is 5.56 Å². The molecule has 0 bridgehead atoms. The summed E-state index contributed by atoms with van der Waals surface area (Å²) in [5.74, 6) is 0.353. The van der Waals surface area contributed by atoms with Crippen LogP contribution in [0.15, 0.2) is 29.3 Å². The molecule has 0 saturated heterocycles. The summed E-state index contributed by atoms with van der Waals surface area (Å²) in [5, 5.41) is 9.35. The fourth-order valence-corrected chi connectivity index (χ4v) is 3.66. The van der Waals surface area contributed by atoms with Gasteiger partial charge in [0.05, 0.1) is 5.69 Å². The Labute approximate surface area is 139 Å². The molecule has 1 atom stereocenters. The van der Waals surface area contributed by atoms with Gasteiger partial charge in [-0.05, 0) is 66.8 Å². The number of carbonyl (C=O) groups excluding carboxylic acids is 1. The van der Waals surface area contributed by atoms with Crippen LogP contribution >= 0.6 is 0 Å². The Balaban J connectivity index is 1.81. The number of aromatic nitrogens is 2. The number of nitrogens with one attached hydrogen (secondary N) is 1. The molecular formula is C19H17N3O2. The highest BCUT2D eigenvalue weighted by atomic mass is 16.1. The van der Waals surface area contributed by atoms with Crippen molar-refractivity contribution in [3.05, 3.63) is 62.8 Å². The number of hydrogen-bond donors (Lipinski definition) is 1. The second-order valence-electron chi connectivity index (χ2n) is 6.63.